The number of aromatic nitrogens is 4. The fourth-order valence-corrected chi connectivity index (χ4v) is 10.1. The highest BCUT2D eigenvalue weighted by Gasteiger charge is 2.56. The average Bonchev–Trinajstić information content (AvgIpc) is 3.81. The second-order valence-electron chi connectivity index (χ2n) is 17.6. The molecule has 6 heterocycles. The van der Waals surface area contributed by atoms with Gasteiger partial charge in [-0.2, -0.15) is 0 Å². The van der Waals surface area contributed by atoms with Crippen molar-refractivity contribution in [1.82, 2.24) is 29.3 Å². The Hall–Kier alpha value is -4.42. The monoisotopic (exact) mass is 734 g/mol. The Morgan fingerprint density at radius 3 is 2.48 bits per heavy atom. The SMILES string of the molecule is CC(C)n1cnc2cc(-c3ccc4c(c3)N([C@H]3C[C@@H](N5CC6CCC(C6)C5)C3)C(=O)C43CCN(C(=O)C(C)(C)CO)CC3)nc(Nc3ccncc3F)c21. The van der Waals surface area contributed by atoms with E-state index in [0.29, 0.717) is 43.5 Å². The molecule has 2 N–H and O–H groups in total. The molecule has 54 heavy (non-hydrogen) atoms. The summed E-state index contributed by atoms with van der Waals surface area (Å²) in [7, 11) is 0. The van der Waals surface area contributed by atoms with E-state index in [2.05, 4.69) is 46.1 Å². The Balaban J connectivity index is 1.08. The molecule has 2 bridgehead atoms. The lowest BCUT2D eigenvalue weighted by Crippen LogP contribution is -2.59. The quantitative estimate of drug-likeness (QED) is 0.212. The van der Waals surface area contributed by atoms with Gasteiger partial charge in [-0.15, -0.1) is 0 Å². The number of imidazole rings is 1. The van der Waals surface area contributed by atoms with Crippen molar-refractivity contribution < 1.29 is 19.1 Å². The molecular weight excluding hydrogens is 684 g/mol. The molecule has 11 nitrogen and oxygen atoms in total. The van der Waals surface area contributed by atoms with Crippen LogP contribution in [0.25, 0.3) is 22.3 Å². The Morgan fingerprint density at radius 1 is 1.06 bits per heavy atom. The Labute approximate surface area is 316 Å². The van der Waals surface area contributed by atoms with Crippen molar-refractivity contribution in [3.05, 3.63) is 60.4 Å². The minimum Gasteiger partial charge on any atom is -0.395 e. The van der Waals surface area contributed by atoms with E-state index >= 15 is 0 Å². The lowest BCUT2D eigenvalue weighted by Gasteiger charge is -2.49. The average molecular weight is 735 g/mol. The van der Waals surface area contributed by atoms with Gasteiger partial charge >= 0.3 is 0 Å². The first kappa shape index (κ1) is 35.3. The molecule has 5 aliphatic rings. The van der Waals surface area contributed by atoms with Crippen LogP contribution in [-0.2, 0) is 15.0 Å². The molecule has 2 saturated heterocycles. The number of carbonyl (C=O) groups excluding carboxylic acids is 2. The summed E-state index contributed by atoms with van der Waals surface area (Å²) in [5, 5.41) is 13.1. The number of nitrogens with zero attached hydrogens (tertiary/aromatic N) is 7. The number of halogens is 1. The maximum atomic E-state index is 15.0. The number of piperidine rings is 2. The molecule has 9 rings (SSSR count). The van der Waals surface area contributed by atoms with Gasteiger partial charge in [0.15, 0.2) is 11.6 Å². The minimum absolute atomic E-state index is 0.0764. The van der Waals surface area contributed by atoms with Crippen molar-refractivity contribution in [2.24, 2.45) is 17.3 Å². The van der Waals surface area contributed by atoms with Crippen molar-refractivity contribution in [2.75, 3.05) is 43.0 Å². The lowest BCUT2D eigenvalue weighted by atomic mass is 9.73. The third-order valence-corrected chi connectivity index (χ3v) is 13.3. The molecule has 0 radical (unpaired) electrons. The van der Waals surface area contributed by atoms with Gasteiger partial charge in [-0.3, -0.25) is 19.5 Å². The fourth-order valence-electron chi connectivity index (χ4n) is 10.1. The van der Waals surface area contributed by atoms with E-state index < -0.39 is 16.6 Å². The minimum atomic E-state index is -0.867. The number of benzene rings is 1. The van der Waals surface area contributed by atoms with Crippen molar-refractivity contribution in [3.8, 4) is 11.3 Å². The van der Waals surface area contributed by atoms with Crippen LogP contribution in [0.3, 0.4) is 0 Å². The topological polar surface area (TPSA) is 120 Å². The number of fused-ring (bicyclic) bond motifs is 5. The number of nitrogens with one attached hydrogen (secondary N) is 1. The summed E-state index contributed by atoms with van der Waals surface area (Å²) in [6.07, 6.45) is 11.6. The number of hydrogen-bond donors (Lipinski definition) is 2. The van der Waals surface area contributed by atoms with E-state index in [0.717, 1.165) is 52.5 Å². The zero-order valence-corrected chi connectivity index (χ0v) is 31.8. The lowest BCUT2D eigenvalue weighted by molar-refractivity contribution is -0.145. The third-order valence-electron chi connectivity index (χ3n) is 13.3. The summed E-state index contributed by atoms with van der Waals surface area (Å²) >= 11 is 0. The highest BCUT2D eigenvalue weighted by Crippen LogP contribution is 2.53. The number of hydrogen-bond acceptors (Lipinski definition) is 8. The molecular formula is C42H51FN8O3. The summed E-state index contributed by atoms with van der Waals surface area (Å²) in [6, 6.07) is 10.5. The molecule has 4 fully saturated rings. The maximum absolute atomic E-state index is 15.0. The normalized spacial score (nSPS) is 25.1. The van der Waals surface area contributed by atoms with Crippen LogP contribution in [0.5, 0.6) is 0 Å². The fraction of sp³-hybridized carbons (Fsp3) is 0.548. The van der Waals surface area contributed by atoms with E-state index in [9.17, 15) is 19.1 Å². The van der Waals surface area contributed by atoms with E-state index in [1.807, 2.05) is 21.6 Å². The molecule has 3 aromatic heterocycles. The van der Waals surface area contributed by atoms with E-state index in [-0.39, 0.29) is 36.2 Å². The van der Waals surface area contributed by atoms with Gasteiger partial charge < -0.3 is 24.8 Å². The van der Waals surface area contributed by atoms with Crippen LogP contribution < -0.4 is 10.2 Å². The first-order valence-corrected chi connectivity index (χ1v) is 19.8. The molecule has 2 aliphatic carbocycles. The molecule has 12 heteroatoms. The van der Waals surface area contributed by atoms with Crippen LogP contribution >= 0.6 is 0 Å². The molecule has 2 amide bonds. The van der Waals surface area contributed by atoms with Gasteiger partial charge in [0.1, 0.15) is 5.52 Å². The van der Waals surface area contributed by atoms with Gasteiger partial charge in [0, 0.05) is 61.8 Å². The Bertz CT molecular complexity index is 2110. The largest absolute Gasteiger partial charge is 0.395 e. The summed E-state index contributed by atoms with van der Waals surface area (Å²) in [4.78, 5) is 48.7. The number of anilines is 3. The van der Waals surface area contributed by atoms with Crippen LogP contribution in [0.1, 0.15) is 84.2 Å². The molecule has 3 aliphatic heterocycles. The van der Waals surface area contributed by atoms with Gasteiger partial charge in [0.2, 0.25) is 11.8 Å². The smallest absolute Gasteiger partial charge is 0.238 e. The number of pyridine rings is 2. The highest BCUT2D eigenvalue weighted by molar-refractivity contribution is 6.09. The molecule has 1 aromatic carbocycles. The van der Waals surface area contributed by atoms with Gasteiger partial charge in [-0.25, -0.2) is 14.4 Å². The van der Waals surface area contributed by atoms with Gasteiger partial charge in [-0.05, 0) is 108 Å². The zero-order chi connectivity index (χ0) is 37.5. The number of likely N-dealkylation sites (tertiary alicyclic amines) is 2. The van der Waals surface area contributed by atoms with E-state index in [1.165, 1.54) is 38.5 Å². The number of carbonyl (C=O) groups is 2. The first-order valence-electron chi connectivity index (χ1n) is 19.8. The summed E-state index contributed by atoms with van der Waals surface area (Å²) in [5.74, 6) is 1.71. The molecule has 1 spiro atoms. The van der Waals surface area contributed by atoms with E-state index in [1.54, 1.807) is 32.4 Å². The Morgan fingerprint density at radius 2 is 1.80 bits per heavy atom. The Kier molecular flexibility index (Phi) is 8.57. The summed E-state index contributed by atoms with van der Waals surface area (Å²) < 4.78 is 16.9. The second-order valence-corrected chi connectivity index (χ2v) is 17.6. The summed E-state index contributed by atoms with van der Waals surface area (Å²) in [5.41, 5.74) is 3.67. The third kappa shape index (κ3) is 5.70. The predicted molar refractivity (Wildman–Crippen MR) is 206 cm³/mol. The van der Waals surface area contributed by atoms with E-state index in [4.69, 9.17) is 9.97 Å². The molecule has 284 valence electrons. The van der Waals surface area contributed by atoms with Crippen LogP contribution in [0.4, 0.5) is 21.6 Å². The highest BCUT2D eigenvalue weighted by atomic mass is 19.1. The van der Waals surface area contributed by atoms with Gasteiger partial charge in [-0.1, -0.05) is 12.1 Å². The van der Waals surface area contributed by atoms with Crippen molar-refractivity contribution >= 4 is 40.0 Å². The number of rotatable bonds is 8. The van der Waals surface area contributed by atoms with Crippen LogP contribution in [-0.4, -0.2) is 91.1 Å². The number of aliphatic hydroxyl groups is 1. The van der Waals surface area contributed by atoms with Crippen LogP contribution in [0.2, 0.25) is 0 Å². The standard InChI is InChI=1S/C42H51FN8O3/c1-25(2)50-24-45-35-19-34(47-38(37(35)50)46-33-9-12-44-20-32(33)43)28-7-8-31-36(16-28)51(30-17-29(18-30)49-21-26-5-6-27(15-26)22-49)40(54)42(31)10-13-48(14-11-42)39(53)41(3,4)23-52/h7-9,12,16,19-20,24-27,29-30,52H,5-6,10-11,13-15,17-18,21-23H2,1-4H3,(H,44,46,47)/t26?,27?,29-,30+. The van der Waals surface area contributed by atoms with Gasteiger partial charge in [0.25, 0.3) is 0 Å². The maximum Gasteiger partial charge on any atom is 0.238 e. The molecule has 4 aromatic rings. The van der Waals surface area contributed by atoms with Crippen LogP contribution in [0.15, 0.2) is 49.1 Å². The van der Waals surface area contributed by atoms with Crippen LogP contribution in [0, 0.1) is 23.1 Å². The van der Waals surface area contributed by atoms with Crippen molar-refractivity contribution in [3.63, 3.8) is 0 Å². The molecule has 2 unspecified atom stereocenters. The van der Waals surface area contributed by atoms with Gasteiger partial charge in [0.05, 0.1) is 46.9 Å². The number of amides is 2. The summed E-state index contributed by atoms with van der Waals surface area (Å²) in [6.45, 7) is 10.8. The zero-order valence-electron chi connectivity index (χ0n) is 31.8. The van der Waals surface area contributed by atoms with Crippen molar-refractivity contribution in [1.29, 1.82) is 0 Å². The molecule has 2 saturated carbocycles. The first-order chi connectivity index (χ1) is 26.0. The predicted octanol–water partition coefficient (Wildman–Crippen LogP) is 6.45. The number of aliphatic hydroxyl groups excluding tert-OH is 1. The van der Waals surface area contributed by atoms with Crippen molar-refractivity contribution in [2.45, 2.75) is 96.2 Å². The molecule has 2 atom stereocenters. The second kappa shape index (κ2) is 13.1.